The average molecular weight is 322 g/mol. The molecular weight excluding hydrogens is 309 g/mol. The number of amides is 1. The van der Waals surface area contributed by atoms with Gasteiger partial charge in [-0.05, 0) is 58.7 Å². The third-order valence-electron chi connectivity index (χ3n) is 2.94. The van der Waals surface area contributed by atoms with E-state index in [1.807, 2.05) is 19.1 Å². The molecule has 0 radical (unpaired) electrons. The van der Waals surface area contributed by atoms with E-state index in [1.165, 1.54) is 17.0 Å². The number of carbonyl (C=O) groups excluding carboxylic acids is 1. The van der Waals surface area contributed by atoms with Crippen LogP contribution in [0.5, 0.6) is 0 Å². The number of aryl methyl sites for hydroxylation is 1. The van der Waals surface area contributed by atoms with Crippen molar-refractivity contribution in [3.63, 3.8) is 0 Å². The Kier molecular flexibility index (Phi) is 4.00. The molecule has 2 aromatic rings. The third-order valence-corrected chi connectivity index (χ3v) is 3.99. The second-order valence-corrected chi connectivity index (χ2v) is 5.07. The van der Waals surface area contributed by atoms with Crippen molar-refractivity contribution < 1.29 is 9.18 Å². The minimum absolute atomic E-state index is 0.137. The monoisotopic (exact) mass is 321 g/mol. The molecular formula is C15H13BrFNO. The van der Waals surface area contributed by atoms with Gasteiger partial charge in [0.25, 0.3) is 5.91 Å². The molecule has 2 nitrogen and oxygen atoms in total. The maximum atomic E-state index is 12.9. The summed E-state index contributed by atoms with van der Waals surface area (Å²) in [5, 5.41) is 0. The van der Waals surface area contributed by atoms with Crippen molar-refractivity contribution in [3.8, 4) is 0 Å². The van der Waals surface area contributed by atoms with Gasteiger partial charge in [-0.1, -0.05) is 12.1 Å². The normalized spacial score (nSPS) is 10.3. The molecule has 0 aliphatic rings. The Labute approximate surface area is 120 Å². The van der Waals surface area contributed by atoms with Crippen LogP contribution in [0.4, 0.5) is 10.1 Å². The second kappa shape index (κ2) is 5.53. The molecule has 0 fully saturated rings. The summed E-state index contributed by atoms with van der Waals surface area (Å²) in [6.07, 6.45) is 0. The lowest BCUT2D eigenvalue weighted by Crippen LogP contribution is -2.26. The average Bonchev–Trinajstić information content (AvgIpc) is 2.41. The van der Waals surface area contributed by atoms with Gasteiger partial charge in [-0.2, -0.15) is 0 Å². The maximum absolute atomic E-state index is 12.9. The van der Waals surface area contributed by atoms with Crippen molar-refractivity contribution in [2.24, 2.45) is 0 Å². The van der Waals surface area contributed by atoms with Crippen LogP contribution in [0.2, 0.25) is 0 Å². The summed E-state index contributed by atoms with van der Waals surface area (Å²) in [6.45, 7) is 1.93. The molecule has 0 aliphatic carbocycles. The Morgan fingerprint density at radius 2 is 1.79 bits per heavy atom. The highest BCUT2D eigenvalue weighted by atomic mass is 79.9. The van der Waals surface area contributed by atoms with Crippen LogP contribution in [0.1, 0.15) is 15.9 Å². The number of carbonyl (C=O) groups is 1. The molecule has 19 heavy (non-hydrogen) atoms. The molecule has 0 unspecified atom stereocenters. The molecule has 4 heteroatoms. The lowest BCUT2D eigenvalue weighted by Gasteiger charge is -2.18. The van der Waals surface area contributed by atoms with Gasteiger partial charge in [-0.3, -0.25) is 4.79 Å². The molecule has 1 amide bonds. The van der Waals surface area contributed by atoms with E-state index in [0.717, 1.165) is 10.0 Å². The molecule has 0 saturated carbocycles. The van der Waals surface area contributed by atoms with E-state index in [0.29, 0.717) is 11.3 Å². The molecule has 0 atom stereocenters. The van der Waals surface area contributed by atoms with Crippen LogP contribution >= 0.6 is 15.9 Å². The van der Waals surface area contributed by atoms with Crippen LogP contribution in [-0.4, -0.2) is 13.0 Å². The van der Waals surface area contributed by atoms with Gasteiger partial charge in [0.1, 0.15) is 5.82 Å². The Morgan fingerprint density at radius 3 is 2.42 bits per heavy atom. The Morgan fingerprint density at radius 1 is 1.16 bits per heavy atom. The molecule has 0 heterocycles. The number of rotatable bonds is 2. The molecule has 0 spiro atoms. The Bertz CT molecular complexity index is 610. The van der Waals surface area contributed by atoms with Gasteiger partial charge in [0.15, 0.2) is 0 Å². The van der Waals surface area contributed by atoms with Crippen LogP contribution in [0.25, 0.3) is 0 Å². The minimum Gasteiger partial charge on any atom is -0.311 e. The smallest absolute Gasteiger partial charge is 0.259 e. The van der Waals surface area contributed by atoms with E-state index >= 15 is 0 Å². The lowest BCUT2D eigenvalue weighted by molar-refractivity contribution is 0.0992. The largest absolute Gasteiger partial charge is 0.311 e. The highest BCUT2D eigenvalue weighted by Gasteiger charge is 2.17. The van der Waals surface area contributed by atoms with Crippen molar-refractivity contribution in [2.75, 3.05) is 11.9 Å². The molecule has 0 aromatic heterocycles. The first kappa shape index (κ1) is 13.7. The summed E-state index contributed by atoms with van der Waals surface area (Å²) in [7, 11) is 1.67. The van der Waals surface area contributed by atoms with Gasteiger partial charge < -0.3 is 4.90 Å². The summed E-state index contributed by atoms with van der Waals surface area (Å²) in [6, 6.07) is 11.4. The Balaban J connectivity index is 2.33. The fraction of sp³-hybridized carbons (Fsp3) is 0.133. The first-order chi connectivity index (χ1) is 9.00. The predicted octanol–water partition coefficient (Wildman–Crippen LogP) is 4.17. The van der Waals surface area contributed by atoms with E-state index in [1.54, 1.807) is 25.2 Å². The number of hydrogen-bond donors (Lipinski definition) is 0. The van der Waals surface area contributed by atoms with E-state index < -0.39 is 0 Å². The van der Waals surface area contributed by atoms with Crippen LogP contribution in [0.3, 0.4) is 0 Å². The van der Waals surface area contributed by atoms with E-state index in [-0.39, 0.29) is 11.7 Å². The van der Waals surface area contributed by atoms with E-state index in [4.69, 9.17) is 0 Å². The van der Waals surface area contributed by atoms with Gasteiger partial charge in [-0.25, -0.2) is 4.39 Å². The quantitative estimate of drug-likeness (QED) is 0.812. The fourth-order valence-electron chi connectivity index (χ4n) is 1.78. The molecule has 2 rings (SSSR count). The first-order valence-corrected chi connectivity index (χ1v) is 6.58. The summed E-state index contributed by atoms with van der Waals surface area (Å²) in [5.41, 5.74) is 2.24. The molecule has 0 N–H and O–H groups in total. The van der Waals surface area contributed by atoms with Gasteiger partial charge in [0.2, 0.25) is 0 Å². The summed E-state index contributed by atoms with van der Waals surface area (Å²) in [4.78, 5) is 13.9. The van der Waals surface area contributed by atoms with Gasteiger partial charge >= 0.3 is 0 Å². The van der Waals surface area contributed by atoms with E-state index in [2.05, 4.69) is 15.9 Å². The van der Waals surface area contributed by atoms with Crippen LogP contribution in [0, 0.1) is 12.7 Å². The van der Waals surface area contributed by atoms with Crippen LogP contribution < -0.4 is 4.90 Å². The fourth-order valence-corrected chi connectivity index (χ4v) is 2.21. The minimum atomic E-state index is -0.318. The van der Waals surface area contributed by atoms with Crippen LogP contribution in [0.15, 0.2) is 46.9 Å². The van der Waals surface area contributed by atoms with Crippen molar-refractivity contribution in [1.29, 1.82) is 0 Å². The zero-order valence-electron chi connectivity index (χ0n) is 10.7. The zero-order chi connectivity index (χ0) is 14.0. The lowest BCUT2D eigenvalue weighted by atomic mass is 10.1. The number of benzene rings is 2. The van der Waals surface area contributed by atoms with Gasteiger partial charge in [-0.15, -0.1) is 0 Å². The standard InChI is InChI=1S/C15H13BrFNO/c1-10-4-3-5-13(14(10)16)15(19)18(2)12-8-6-11(17)7-9-12/h3-9H,1-2H3. The third kappa shape index (κ3) is 2.84. The highest BCUT2D eigenvalue weighted by Crippen LogP contribution is 2.24. The topological polar surface area (TPSA) is 20.3 Å². The molecule has 2 aromatic carbocycles. The second-order valence-electron chi connectivity index (χ2n) is 4.28. The van der Waals surface area contributed by atoms with Crippen molar-refractivity contribution in [1.82, 2.24) is 0 Å². The summed E-state index contributed by atoms with van der Waals surface area (Å²) < 4.78 is 13.7. The summed E-state index contributed by atoms with van der Waals surface area (Å²) in [5.74, 6) is -0.455. The van der Waals surface area contributed by atoms with Crippen LogP contribution in [-0.2, 0) is 0 Å². The number of hydrogen-bond acceptors (Lipinski definition) is 1. The maximum Gasteiger partial charge on any atom is 0.259 e. The SMILES string of the molecule is Cc1cccc(C(=O)N(C)c2ccc(F)cc2)c1Br. The number of anilines is 1. The zero-order valence-corrected chi connectivity index (χ0v) is 12.2. The predicted molar refractivity (Wildman–Crippen MR) is 78.0 cm³/mol. The molecule has 0 bridgehead atoms. The van der Waals surface area contributed by atoms with Crippen molar-refractivity contribution in [2.45, 2.75) is 6.92 Å². The Hall–Kier alpha value is -1.68. The van der Waals surface area contributed by atoms with Crippen molar-refractivity contribution in [3.05, 3.63) is 63.9 Å². The number of halogens is 2. The van der Waals surface area contributed by atoms with Crippen molar-refractivity contribution >= 4 is 27.5 Å². The number of nitrogens with zero attached hydrogens (tertiary/aromatic N) is 1. The first-order valence-electron chi connectivity index (χ1n) is 5.79. The summed E-state index contributed by atoms with van der Waals surface area (Å²) >= 11 is 3.43. The van der Waals surface area contributed by atoms with Gasteiger partial charge in [0, 0.05) is 17.2 Å². The molecule has 98 valence electrons. The molecule has 0 aliphatic heterocycles. The highest BCUT2D eigenvalue weighted by molar-refractivity contribution is 9.10. The van der Waals surface area contributed by atoms with Gasteiger partial charge in [0.05, 0.1) is 5.56 Å². The molecule has 0 saturated heterocycles. The van der Waals surface area contributed by atoms with E-state index in [9.17, 15) is 9.18 Å².